The minimum atomic E-state index is -0.117. The highest BCUT2D eigenvalue weighted by Crippen LogP contribution is 2.09. The van der Waals surface area contributed by atoms with Gasteiger partial charge in [-0.05, 0) is 31.0 Å². The minimum absolute atomic E-state index is 0.117. The number of hydrogen-bond donors (Lipinski definition) is 0. The van der Waals surface area contributed by atoms with Crippen LogP contribution in [0.15, 0.2) is 18.2 Å². The van der Waals surface area contributed by atoms with Gasteiger partial charge < -0.3 is 0 Å². The fraction of sp³-hybridized carbons (Fsp3) is 0.200. The van der Waals surface area contributed by atoms with Gasteiger partial charge >= 0.3 is 0 Å². The molecule has 57 valence electrons. The molecule has 11 heavy (non-hydrogen) atoms. The maximum absolute atomic E-state index is 10.8. The fourth-order valence-corrected chi connectivity index (χ4v) is 0.915. The molecule has 0 atom stereocenters. The Balaban J connectivity index is 3.15. The molecular formula is C10H11O. The molecule has 0 saturated heterocycles. The molecule has 0 aliphatic carbocycles. The Hall–Kier alpha value is -1.11. The van der Waals surface area contributed by atoms with E-state index in [2.05, 4.69) is 6.92 Å². The maximum atomic E-state index is 10.8. The van der Waals surface area contributed by atoms with Gasteiger partial charge in [-0.25, -0.2) is 0 Å². The Morgan fingerprint density at radius 1 is 1.27 bits per heavy atom. The summed E-state index contributed by atoms with van der Waals surface area (Å²) in [5.74, 6) is -0.117. The van der Waals surface area contributed by atoms with Gasteiger partial charge in [-0.1, -0.05) is 12.1 Å². The van der Waals surface area contributed by atoms with Crippen molar-refractivity contribution in [2.45, 2.75) is 13.8 Å². The number of Topliss-reactive ketones (excluding diaryl/α,β-unsaturated/α-hetero) is 1. The molecule has 1 rings (SSSR count). The fourth-order valence-electron chi connectivity index (χ4n) is 0.915. The molecule has 0 aliphatic rings. The van der Waals surface area contributed by atoms with E-state index in [4.69, 9.17) is 0 Å². The third kappa shape index (κ3) is 1.67. The van der Waals surface area contributed by atoms with Crippen molar-refractivity contribution in [2.24, 2.45) is 0 Å². The van der Waals surface area contributed by atoms with Crippen LogP contribution in [-0.4, -0.2) is 5.78 Å². The Bertz CT molecular complexity index is 287. The van der Waals surface area contributed by atoms with E-state index in [-0.39, 0.29) is 5.78 Å². The lowest BCUT2D eigenvalue weighted by atomic mass is 10.0. The highest BCUT2D eigenvalue weighted by Gasteiger charge is 1.99. The van der Waals surface area contributed by atoms with Crippen LogP contribution in [-0.2, 0) is 0 Å². The van der Waals surface area contributed by atoms with E-state index < -0.39 is 0 Å². The summed E-state index contributed by atoms with van der Waals surface area (Å²) in [7, 11) is 0. The van der Waals surface area contributed by atoms with Gasteiger partial charge in [0, 0.05) is 12.5 Å². The van der Waals surface area contributed by atoms with Gasteiger partial charge in [-0.3, -0.25) is 4.79 Å². The summed E-state index contributed by atoms with van der Waals surface area (Å²) >= 11 is 0. The van der Waals surface area contributed by atoms with E-state index in [1.165, 1.54) is 5.56 Å². The molecule has 0 bridgehead atoms. The predicted octanol–water partition coefficient (Wildman–Crippen LogP) is 2.32. The van der Waals surface area contributed by atoms with Crippen LogP contribution in [0.2, 0.25) is 0 Å². The van der Waals surface area contributed by atoms with Crippen LogP contribution in [0, 0.1) is 20.8 Å². The van der Waals surface area contributed by atoms with Gasteiger partial charge in [0.15, 0.2) is 5.78 Å². The number of ketones is 1. The molecule has 1 nitrogen and oxygen atoms in total. The van der Waals surface area contributed by atoms with Gasteiger partial charge in [-0.15, -0.1) is 0 Å². The summed E-state index contributed by atoms with van der Waals surface area (Å²) in [5.41, 5.74) is 3.03. The zero-order chi connectivity index (χ0) is 8.43. The SMILES string of the molecule is [CH2]C(=O)c1ccc(C)c(C)c1. The zero-order valence-electron chi connectivity index (χ0n) is 6.85. The van der Waals surface area contributed by atoms with Crippen LogP contribution < -0.4 is 0 Å². The van der Waals surface area contributed by atoms with Crippen molar-refractivity contribution in [2.75, 3.05) is 0 Å². The molecule has 0 saturated carbocycles. The number of carbonyl (C=O) groups excluding carboxylic acids is 1. The van der Waals surface area contributed by atoms with Crippen molar-refractivity contribution in [3.05, 3.63) is 41.8 Å². The third-order valence-electron chi connectivity index (χ3n) is 1.83. The van der Waals surface area contributed by atoms with Gasteiger partial charge in [-0.2, -0.15) is 0 Å². The highest BCUT2D eigenvalue weighted by molar-refractivity contribution is 5.99. The van der Waals surface area contributed by atoms with E-state index in [0.717, 1.165) is 5.56 Å². The van der Waals surface area contributed by atoms with Gasteiger partial charge in [0.05, 0.1) is 0 Å². The molecule has 0 spiro atoms. The molecule has 1 aromatic rings. The molecule has 0 N–H and O–H groups in total. The normalized spacial score (nSPS) is 9.73. The van der Waals surface area contributed by atoms with E-state index in [0.29, 0.717) is 5.56 Å². The highest BCUT2D eigenvalue weighted by atomic mass is 16.1. The number of benzene rings is 1. The predicted molar refractivity (Wildman–Crippen MR) is 45.6 cm³/mol. The first kappa shape index (κ1) is 7.99. The molecule has 0 unspecified atom stereocenters. The smallest absolute Gasteiger partial charge is 0.163 e. The lowest BCUT2D eigenvalue weighted by Crippen LogP contribution is -1.93. The van der Waals surface area contributed by atoms with Crippen LogP contribution >= 0.6 is 0 Å². The quantitative estimate of drug-likeness (QED) is 0.557. The largest absolute Gasteiger partial charge is 0.294 e. The number of rotatable bonds is 1. The van der Waals surface area contributed by atoms with Crippen LogP contribution in [0.3, 0.4) is 0 Å². The Morgan fingerprint density at radius 3 is 2.36 bits per heavy atom. The molecule has 1 heteroatoms. The van der Waals surface area contributed by atoms with Crippen LogP contribution in [0.25, 0.3) is 0 Å². The first-order valence-corrected chi connectivity index (χ1v) is 3.55. The van der Waals surface area contributed by atoms with Crippen molar-refractivity contribution in [1.82, 2.24) is 0 Å². The monoisotopic (exact) mass is 147 g/mol. The van der Waals surface area contributed by atoms with Crippen molar-refractivity contribution < 1.29 is 4.79 Å². The van der Waals surface area contributed by atoms with Crippen LogP contribution in [0.1, 0.15) is 21.5 Å². The first-order valence-electron chi connectivity index (χ1n) is 3.55. The van der Waals surface area contributed by atoms with E-state index >= 15 is 0 Å². The van der Waals surface area contributed by atoms with Crippen molar-refractivity contribution in [1.29, 1.82) is 0 Å². The average Bonchev–Trinajstić information content (AvgIpc) is 1.94. The van der Waals surface area contributed by atoms with E-state index in [1.54, 1.807) is 6.07 Å². The number of carbonyl (C=O) groups is 1. The van der Waals surface area contributed by atoms with Gasteiger partial charge in [0.2, 0.25) is 0 Å². The summed E-state index contributed by atoms with van der Waals surface area (Å²) in [5, 5.41) is 0. The zero-order valence-corrected chi connectivity index (χ0v) is 6.85. The second-order valence-electron chi connectivity index (χ2n) is 2.72. The first-order chi connectivity index (χ1) is 5.11. The third-order valence-corrected chi connectivity index (χ3v) is 1.83. The second-order valence-corrected chi connectivity index (χ2v) is 2.72. The summed E-state index contributed by atoms with van der Waals surface area (Å²) in [6.45, 7) is 7.35. The molecule has 0 fully saturated rings. The van der Waals surface area contributed by atoms with Crippen molar-refractivity contribution in [3.8, 4) is 0 Å². The lowest BCUT2D eigenvalue weighted by molar-refractivity contribution is 0.104. The average molecular weight is 147 g/mol. The van der Waals surface area contributed by atoms with Gasteiger partial charge in [0.25, 0.3) is 0 Å². The molecular weight excluding hydrogens is 136 g/mol. The summed E-state index contributed by atoms with van der Waals surface area (Å²) in [6, 6.07) is 5.61. The molecule has 1 radical (unpaired) electrons. The summed E-state index contributed by atoms with van der Waals surface area (Å²) < 4.78 is 0. The summed E-state index contributed by atoms with van der Waals surface area (Å²) in [6.07, 6.45) is 0. The van der Waals surface area contributed by atoms with Crippen molar-refractivity contribution in [3.63, 3.8) is 0 Å². The standard InChI is InChI=1S/C10H11O/c1-7-4-5-10(9(3)11)6-8(7)2/h4-6H,3H2,1-2H3. The lowest BCUT2D eigenvalue weighted by Gasteiger charge is -2.00. The summed E-state index contributed by atoms with van der Waals surface area (Å²) in [4.78, 5) is 10.8. The van der Waals surface area contributed by atoms with E-state index in [9.17, 15) is 4.79 Å². The Kier molecular flexibility index (Phi) is 2.08. The van der Waals surface area contributed by atoms with E-state index in [1.807, 2.05) is 26.0 Å². The topological polar surface area (TPSA) is 17.1 Å². The van der Waals surface area contributed by atoms with Crippen molar-refractivity contribution >= 4 is 5.78 Å². The Labute approximate surface area is 67.1 Å². The molecule has 1 aromatic carbocycles. The molecule has 0 aliphatic heterocycles. The molecule has 0 heterocycles. The second kappa shape index (κ2) is 2.87. The van der Waals surface area contributed by atoms with Crippen LogP contribution in [0.4, 0.5) is 0 Å². The number of hydrogen-bond acceptors (Lipinski definition) is 1. The maximum Gasteiger partial charge on any atom is 0.163 e. The molecule has 0 aromatic heterocycles. The minimum Gasteiger partial charge on any atom is -0.294 e. The Morgan fingerprint density at radius 2 is 1.91 bits per heavy atom. The van der Waals surface area contributed by atoms with Gasteiger partial charge in [0.1, 0.15) is 0 Å². The van der Waals surface area contributed by atoms with Crippen LogP contribution in [0.5, 0.6) is 0 Å². The molecule has 0 amide bonds. The number of aryl methyl sites for hydroxylation is 2.